The van der Waals surface area contributed by atoms with Crippen LogP contribution in [-0.2, 0) is 0 Å². The molecule has 110 valence electrons. The quantitative estimate of drug-likeness (QED) is 0.873. The van der Waals surface area contributed by atoms with Gasteiger partial charge < -0.3 is 10.1 Å². The first kappa shape index (κ1) is 15.6. The predicted molar refractivity (Wildman–Crippen MR) is 87.6 cm³/mol. The van der Waals surface area contributed by atoms with E-state index in [2.05, 4.69) is 21.2 Å². The van der Waals surface area contributed by atoms with Crippen LogP contribution in [0.2, 0.25) is 0 Å². The van der Waals surface area contributed by atoms with Gasteiger partial charge in [0, 0.05) is 10.0 Å². The number of ether oxygens (including phenoxy) is 1. The van der Waals surface area contributed by atoms with Crippen LogP contribution in [0.15, 0.2) is 53.0 Å². The highest BCUT2D eigenvalue weighted by Crippen LogP contribution is 2.23. The summed E-state index contributed by atoms with van der Waals surface area (Å²) in [6.45, 7) is 4.51. The molecular formula is C17H18BrNO2. The van der Waals surface area contributed by atoms with E-state index in [0.29, 0.717) is 12.2 Å². The van der Waals surface area contributed by atoms with E-state index in [4.69, 9.17) is 4.74 Å². The van der Waals surface area contributed by atoms with Gasteiger partial charge in [-0.3, -0.25) is 4.79 Å². The molecule has 0 aromatic heterocycles. The van der Waals surface area contributed by atoms with Gasteiger partial charge in [0.25, 0.3) is 5.91 Å². The summed E-state index contributed by atoms with van der Waals surface area (Å²) in [6.07, 6.45) is 0. The Hall–Kier alpha value is -1.81. The maximum absolute atomic E-state index is 12.2. The summed E-state index contributed by atoms with van der Waals surface area (Å²) in [5, 5.41) is 3.00. The second-order valence-electron chi connectivity index (χ2n) is 4.67. The molecule has 4 heteroatoms. The Labute approximate surface area is 133 Å². The molecule has 0 fully saturated rings. The number of hydrogen-bond donors (Lipinski definition) is 1. The van der Waals surface area contributed by atoms with Crippen LogP contribution in [0.1, 0.15) is 35.8 Å². The topological polar surface area (TPSA) is 38.3 Å². The number of rotatable bonds is 5. The number of hydrogen-bond acceptors (Lipinski definition) is 2. The predicted octanol–water partition coefficient (Wildman–Crippen LogP) is 4.34. The molecule has 1 unspecified atom stereocenters. The maximum atomic E-state index is 12.2. The SMILES string of the molecule is CCOc1ccc(C(=O)NC(C)c2ccccc2Br)cc1. The fourth-order valence-corrected chi connectivity index (χ4v) is 2.68. The fourth-order valence-electron chi connectivity index (χ4n) is 2.05. The number of halogens is 1. The van der Waals surface area contributed by atoms with Gasteiger partial charge >= 0.3 is 0 Å². The fraction of sp³-hybridized carbons (Fsp3) is 0.235. The highest BCUT2D eigenvalue weighted by atomic mass is 79.9. The van der Waals surface area contributed by atoms with Crippen LogP contribution in [0.3, 0.4) is 0 Å². The minimum absolute atomic E-state index is 0.0698. The summed E-state index contributed by atoms with van der Waals surface area (Å²) < 4.78 is 6.36. The van der Waals surface area contributed by atoms with Crippen molar-refractivity contribution < 1.29 is 9.53 Å². The van der Waals surface area contributed by atoms with Crippen molar-refractivity contribution in [3.63, 3.8) is 0 Å². The highest BCUT2D eigenvalue weighted by molar-refractivity contribution is 9.10. The van der Waals surface area contributed by atoms with Crippen molar-refractivity contribution in [2.45, 2.75) is 19.9 Å². The minimum atomic E-state index is -0.0960. The van der Waals surface area contributed by atoms with Crippen LogP contribution in [0.25, 0.3) is 0 Å². The second kappa shape index (κ2) is 7.27. The first-order valence-electron chi connectivity index (χ1n) is 6.90. The Morgan fingerprint density at radius 3 is 2.48 bits per heavy atom. The first-order chi connectivity index (χ1) is 10.1. The Bertz CT molecular complexity index is 610. The molecule has 1 atom stereocenters. The van der Waals surface area contributed by atoms with Crippen molar-refractivity contribution in [3.05, 3.63) is 64.1 Å². The summed E-state index contributed by atoms with van der Waals surface area (Å²) in [5.74, 6) is 0.675. The molecule has 0 bridgehead atoms. The van der Waals surface area contributed by atoms with Crippen molar-refractivity contribution in [1.82, 2.24) is 5.32 Å². The number of carbonyl (C=O) groups is 1. The summed E-state index contributed by atoms with van der Waals surface area (Å²) >= 11 is 3.50. The van der Waals surface area contributed by atoms with Crippen LogP contribution in [-0.4, -0.2) is 12.5 Å². The molecular weight excluding hydrogens is 330 g/mol. The van der Waals surface area contributed by atoms with E-state index in [1.165, 1.54) is 0 Å². The molecule has 0 saturated heterocycles. The lowest BCUT2D eigenvalue weighted by Crippen LogP contribution is -2.26. The van der Waals surface area contributed by atoms with Crippen molar-refractivity contribution in [1.29, 1.82) is 0 Å². The molecule has 0 spiro atoms. The van der Waals surface area contributed by atoms with Gasteiger partial charge in [-0.25, -0.2) is 0 Å². The standard InChI is InChI=1S/C17H18BrNO2/c1-3-21-14-10-8-13(9-11-14)17(20)19-12(2)15-6-4-5-7-16(15)18/h4-12H,3H2,1-2H3,(H,19,20). The van der Waals surface area contributed by atoms with E-state index in [1.54, 1.807) is 12.1 Å². The molecule has 0 heterocycles. The largest absolute Gasteiger partial charge is 0.494 e. The van der Waals surface area contributed by atoms with Gasteiger partial charge in [-0.15, -0.1) is 0 Å². The van der Waals surface area contributed by atoms with Crippen molar-refractivity contribution in [3.8, 4) is 5.75 Å². The number of carbonyl (C=O) groups excluding carboxylic acids is 1. The zero-order chi connectivity index (χ0) is 15.2. The molecule has 2 aromatic carbocycles. The van der Waals surface area contributed by atoms with Gasteiger partial charge in [-0.05, 0) is 49.7 Å². The molecule has 21 heavy (non-hydrogen) atoms. The van der Waals surface area contributed by atoms with E-state index in [1.807, 2.05) is 50.2 Å². The lowest BCUT2D eigenvalue weighted by molar-refractivity contribution is 0.0940. The van der Waals surface area contributed by atoms with E-state index in [0.717, 1.165) is 15.8 Å². The van der Waals surface area contributed by atoms with Crippen molar-refractivity contribution in [2.24, 2.45) is 0 Å². The minimum Gasteiger partial charge on any atom is -0.494 e. The molecule has 0 aliphatic rings. The number of amides is 1. The lowest BCUT2D eigenvalue weighted by Gasteiger charge is -2.16. The van der Waals surface area contributed by atoms with Crippen LogP contribution in [0.4, 0.5) is 0 Å². The molecule has 0 radical (unpaired) electrons. The Balaban J connectivity index is 2.05. The summed E-state index contributed by atoms with van der Waals surface area (Å²) in [5.41, 5.74) is 1.68. The first-order valence-corrected chi connectivity index (χ1v) is 7.69. The third-order valence-electron chi connectivity index (χ3n) is 3.15. The Morgan fingerprint density at radius 2 is 1.86 bits per heavy atom. The van der Waals surface area contributed by atoms with Crippen molar-refractivity contribution >= 4 is 21.8 Å². The monoisotopic (exact) mass is 347 g/mol. The molecule has 3 nitrogen and oxygen atoms in total. The third kappa shape index (κ3) is 4.08. The van der Waals surface area contributed by atoms with Gasteiger partial charge in [-0.2, -0.15) is 0 Å². The second-order valence-corrected chi connectivity index (χ2v) is 5.53. The Morgan fingerprint density at radius 1 is 1.19 bits per heavy atom. The average Bonchev–Trinajstić information content (AvgIpc) is 2.48. The summed E-state index contributed by atoms with van der Waals surface area (Å²) in [7, 11) is 0. The van der Waals surface area contributed by atoms with E-state index in [-0.39, 0.29) is 11.9 Å². The van der Waals surface area contributed by atoms with Gasteiger partial charge in [0.15, 0.2) is 0 Å². The normalized spacial score (nSPS) is 11.8. The molecule has 1 N–H and O–H groups in total. The van der Waals surface area contributed by atoms with Gasteiger partial charge in [-0.1, -0.05) is 34.1 Å². The van der Waals surface area contributed by atoms with E-state index < -0.39 is 0 Å². The summed E-state index contributed by atoms with van der Waals surface area (Å²) in [4.78, 5) is 12.2. The van der Waals surface area contributed by atoms with Crippen LogP contribution in [0, 0.1) is 0 Å². The molecule has 2 rings (SSSR count). The highest BCUT2D eigenvalue weighted by Gasteiger charge is 2.13. The summed E-state index contributed by atoms with van der Waals surface area (Å²) in [6, 6.07) is 15.0. The molecule has 0 aliphatic heterocycles. The molecule has 0 saturated carbocycles. The lowest BCUT2D eigenvalue weighted by atomic mass is 10.1. The van der Waals surface area contributed by atoms with Gasteiger partial charge in [0.2, 0.25) is 0 Å². The van der Waals surface area contributed by atoms with E-state index in [9.17, 15) is 4.79 Å². The van der Waals surface area contributed by atoms with Gasteiger partial charge in [0.1, 0.15) is 5.75 Å². The smallest absolute Gasteiger partial charge is 0.251 e. The number of nitrogens with one attached hydrogen (secondary N) is 1. The van der Waals surface area contributed by atoms with Crippen LogP contribution < -0.4 is 10.1 Å². The van der Waals surface area contributed by atoms with Gasteiger partial charge in [0.05, 0.1) is 12.6 Å². The molecule has 0 aliphatic carbocycles. The maximum Gasteiger partial charge on any atom is 0.251 e. The average molecular weight is 348 g/mol. The molecule has 2 aromatic rings. The van der Waals surface area contributed by atoms with Crippen LogP contribution >= 0.6 is 15.9 Å². The third-order valence-corrected chi connectivity index (χ3v) is 3.87. The zero-order valence-electron chi connectivity index (χ0n) is 12.1. The van der Waals surface area contributed by atoms with E-state index >= 15 is 0 Å². The number of benzene rings is 2. The van der Waals surface area contributed by atoms with Crippen LogP contribution in [0.5, 0.6) is 5.75 Å². The Kier molecular flexibility index (Phi) is 5.39. The molecule has 1 amide bonds. The van der Waals surface area contributed by atoms with Crippen molar-refractivity contribution in [2.75, 3.05) is 6.61 Å². The zero-order valence-corrected chi connectivity index (χ0v) is 13.7.